The van der Waals surface area contributed by atoms with E-state index in [-0.39, 0.29) is 5.41 Å². The average molecular weight is 224 g/mol. The van der Waals surface area contributed by atoms with E-state index < -0.39 is 0 Å². The van der Waals surface area contributed by atoms with E-state index in [2.05, 4.69) is 16.8 Å². The van der Waals surface area contributed by atoms with E-state index in [1.165, 1.54) is 44.1 Å². The number of rotatable bonds is 4. The summed E-state index contributed by atoms with van der Waals surface area (Å²) in [5.74, 6) is 0. The van der Waals surface area contributed by atoms with Crippen molar-refractivity contribution in [3.63, 3.8) is 0 Å². The van der Waals surface area contributed by atoms with Crippen LogP contribution in [0.2, 0.25) is 0 Å². The molecule has 1 aliphatic rings. The van der Waals surface area contributed by atoms with Crippen LogP contribution in [0.25, 0.3) is 0 Å². The minimum atomic E-state index is 0.250. The first-order valence-electron chi connectivity index (χ1n) is 5.97. The molecule has 1 fully saturated rings. The van der Waals surface area contributed by atoms with Gasteiger partial charge in [0, 0.05) is 6.61 Å². The fraction of sp³-hybridized carbons (Fsp3) is 0.692. The standard InChI is InChI=1S/C13H20OS/c14-11-13(6-2-1-3-7-13)8-4-12-5-9-15-10-12/h5,9-10,14H,1-4,6-8,11H2. The molecule has 0 unspecified atom stereocenters. The predicted octanol–water partition coefficient (Wildman–Crippen LogP) is 3.62. The highest BCUT2D eigenvalue weighted by Gasteiger charge is 2.30. The summed E-state index contributed by atoms with van der Waals surface area (Å²) in [4.78, 5) is 0. The third-order valence-electron chi connectivity index (χ3n) is 3.77. The Morgan fingerprint density at radius 1 is 1.27 bits per heavy atom. The molecule has 0 radical (unpaired) electrons. The fourth-order valence-electron chi connectivity index (χ4n) is 2.63. The largest absolute Gasteiger partial charge is 0.396 e. The van der Waals surface area contributed by atoms with Crippen molar-refractivity contribution in [3.8, 4) is 0 Å². The summed E-state index contributed by atoms with van der Waals surface area (Å²) >= 11 is 1.77. The number of hydrogen-bond acceptors (Lipinski definition) is 2. The highest BCUT2D eigenvalue weighted by molar-refractivity contribution is 7.07. The molecule has 1 aromatic rings. The first-order chi connectivity index (χ1) is 7.35. The van der Waals surface area contributed by atoms with E-state index in [9.17, 15) is 5.11 Å². The summed E-state index contributed by atoms with van der Waals surface area (Å²) in [6.07, 6.45) is 8.75. The van der Waals surface area contributed by atoms with Gasteiger partial charge in [0.1, 0.15) is 0 Å². The van der Waals surface area contributed by atoms with Crippen LogP contribution in [0, 0.1) is 5.41 Å². The zero-order valence-electron chi connectivity index (χ0n) is 9.24. The molecule has 1 saturated carbocycles. The molecule has 84 valence electrons. The van der Waals surface area contributed by atoms with Crippen LogP contribution in [0.1, 0.15) is 44.1 Å². The minimum Gasteiger partial charge on any atom is -0.396 e. The summed E-state index contributed by atoms with van der Waals surface area (Å²) in [6, 6.07) is 2.21. The van der Waals surface area contributed by atoms with E-state index in [4.69, 9.17) is 0 Å². The summed E-state index contributed by atoms with van der Waals surface area (Å²) in [6.45, 7) is 0.386. The van der Waals surface area contributed by atoms with E-state index in [0.717, 1.165) is 6.42 Å². The zero-order valence-corrected chi connectivity index (χ0v) is 10.1. The Bertz CT molecular complexity index is 273. The maximum Gasteiger partial charge on any atom is 0.0487 e. The highest BCUT2D eigenvalue weighted by atomic mass is 32.1. The molecule has 0 aromatic carbocycles. The number of aliphatic hydroxyl groups is 1. The molecular formula is C13H20OS. The quantitative estimate of drug-likeness (QED) is 0.828. The molecule has 1 N–H and O–H groups in total. The van der Waals surface area contributed by atoms with Gasteiger partial charge in [-0.3, -0.25) is 0 Å². The van der Waals surface area contributed by atoms with Crippen LogP contribution in [0.3, 0.4) is 0 Å². The first kappa shape index (κ1) is 11.2. The molecule has 1 heterocycles. The van der Waals surface area contributed by atoms with Gasteiger partial charge in [0.2, 0.25) is 0 Å². The van der Waals surface area contributed by atoms with Crippen LogP contribution < -0.4 is 0 Å². The van der Waals surface area contributed by atoms with Crippen LogP contribution in [-0.4, -0.2) is 11.7 Å². The predicted molar refractivity (Wildman–Crippen MR) is 65.2 cm³/mol. The molecule has 0 bridgehead atoms. The number of aliphatic hydroxyl groups excluding tert-OH is 1. The molecule has 1 nitrogen and oxygen atoms in total. The van der Waals surface area contributed by atoms with E-state index >= 15 is 0 Å². The second kappa shape index (κ2) is 5.13. The number of hydrogen-bond donors (Lipinski definition) is 1. The van der Waals surface area contributed by atoms with Crippen molar-refractivity contribution in [3.05, 3.63) is 22.4 Å². The lowest BCUT2D eigenvalue weighted by molar-refractivity contribution is 0.0738. The molecule has 0 saturated heterocycles. The summed E-state index contributed by atoms with van der Waals surface area (Å²) in [7, 11) is 0. The molecule has 0 aliphatic heterocycles. The normalized spacial score (nSPS) is 20.3. The van der Waals surface area contributed by atoms with Gasteiger partial charge in [0.05, 0.1) is 0 Å². The van der Waals surface area contributed by atoms with Gasteiger partial charge in [-0.1, -0.05) is 19.3 Å². The van der Waals surface area contributed by atoms with Crippen LogP contribution in [0.4, 0.5) is 0 Å². The third kappa shape index (κ3) is 2.82. The first-order valence-corrected chi connectivity index (χ1v) is 6.91. The molecule has 2 rings (SSSR count). The Morgan fingerprint density at radius 2 is 2.07 bits per heavy atom. The van der Waals surface area contributed by atoms with E-state index in [1.54, 1.807) is 11.3 Å². The van der Waals surface area contributed by atoms with Gasteiger partial charge in [-0.05, 0) is 53.5 Å². The Hall–Kier alpha value is -0.340. The topological polar surface area (TPSA) is 20.2 Å². The highest BCUT2D eigenvalue weighted by Crippen LogP contribution is 2.39. The molecule has 0 atom stereocenters. The van der Waals surface area contributed by atoms with Gasteiger partial charge in [0.25, 0.3) is 0 Å². The molecule has 1 aliphatic carbocycles. The SMILES string of the molecule is OCC1(CCc2ccsc2)CCCCC1. The lowest BCUT2D eigenvalue weighted by atomic mass is 9.71. The fourth-order valence-corrected chi connectivity index (χ4v) is 3.34. The minimum absolute atomic E-state index is 0.250. The van der Waals surface area contributed by atoms with Crippen molar-refractivity contribution >= 4 is 11.3 Å². The van der Waals surface area contributed by atoms with Gasteiger partial charge in [-0.25, -0.2) is 0 Å². The maximum absolute atomic E-state index is 9.57. The Morgan fingerprint density at radius 3 is 2.67 bits per heavy atom. The van der Waals surface area contributed by atoms with Gasteiger partial charge in [-0.15, -0.1) is 0 Å². The molecule has 0 spiro atoms. The maximum atomic E-state index is 9.57. The second-order valence-corrected chi connectivity index (χ2v) is 5.63. The van der Waals surface area contributed by atoms with Gasteiger partial charge < -0.3 is 5.11 Å². The van der Waals surface area contributed by atoms with Crippen molar-refractivity contribution in [2.45, 2.75) is 44.9 Å². The average Bonchev–Trinajstić information content (AvgIpc) is 2.81. The van der Waals surface area contributed by atoms with Crippen molar-refractivity contribution < 1.29 is 5.11 Å². The lowest BCUT2D eigenvalue weighted by Gasteiger charge is -2.35. The van der Waals surface area contributed by atoms with E-state index in [0.29, 0.717) is 6.61 Å². The lowest BCUT2D eigenvalue weighted by Crippen LogP contribution is -2.28. The smallest absolute Gasteiger partial charge is 0.0487 e. The van der Waals surface area contributed by atoms with E-state index in [1.807, 2.05) is 0 Å². The van der Waals surface area contributed by atoms with Crippen LogP contribution >= 0.6 is 11.3 Å². The summed E-state index contributed by atoms with van der Waals surface area (Å²) in [5, 5.41) is 13.9. The number of aryl methyl sites for hydroxylation is 1. The molecule has 15 heavy (non-hydrogen) atoms. The zero-order chi connectivity index (χ0) is 10.6. The second-order valence-electron chi connectivity index (χ2n) is 4.85. The molecule has 1 aromatic heterocycles. The molecule has 2 heteroatoms. The van der Waals surface area contributed by atoms with Gasteiger partial charge in [-0.2, -0.15) is 11.3 Å². The Kier molecular flexibility index (Phi) is 3.81. The molecule has 0 amide bonds. The number of thiophene rings is 1. The van der Waals surface area contributed by atoms with Gasteiger partial charge in [0.15, 0.2) is 0 Å². The Balaban J connectivity index is 1.89. The summed E-state index contributed by atoms with van der Waals surface area (Å²) in [5.41, 5.74) is 1.69. The van der Waals surface area contributed by atoms with Crippen molar-refractivity contribution in [1.29, 1.82) is 0 Å². The molecular weight excluding hydrogens is 204 g/mol. The Labute approximate surface area is 96.1 Å². The summed E-state index contributed by atoms with van der Waals surface area (Å²) < 4.78 is 0. The van der Waals surface area contributed by atoms with Crippen molar-refractivity contribution in [1.82, 2.24) is 0 Å². The van der Waals surface area contributed by atoms with Crippen LogP contribution in [0.15, 0.2) is 16.8 Å². The van der Waals surface area contributed by atoms with Crippen LogP contribution in [0.5, 0.6) is 0 Å². The van der Waals surface area contributed by atoms with Crippen molar-refractivity contribution in [2.75, 3.05) is 6.61 Å². The van der Waals surface area contributed by atoms with Gasteiger partial charge >= 0.3 is 0 Å². The monoisotopic (exact) mass is 224 g/mol. The van der Waals surface area contributed by atoms with Crippen LogP contribution in [-0.2, 0) is 6.42 Å². The third-order valence-corrected chi connectivity index (χ3v) is 4.51. The van der Waals surface area contributed by atoms with Crippen molar-refractivity contribution in [2.24, 2.45) is 5.41 Å².